The van der Waals surface area contributed by atoms with E-state index < -0.39 is 11.0 Å². The molecule has 39 heavy (non-hydrogen) atoms. The van der Waals surface area contributed by atoms with Crippen LogP contribution in [0.15, 0.2) is 66.7 Å². The molecule has 1 saturated carbocycles. The number of ketones is 1. The summed E-state index contributed by atoms with van der Waals surface area (Å²) in [5.41, 5.74) is 2.41. The largest absolute Gasteiger partial charge is 0.438 e. The molecule has 2 atom stereocenters. The highest BCUT2D eigenvalue weighted by atomic mass is 16.6. The molecular formula is C32H34N4O3. The first-order chi connectivity index (χ1) is 18.7. The van der Waals surface area contributed by atoms with Crippen molar-refractivity contribution in [3.8, 4) is 17.3 Å². The number of hydrogen-bond acceptors (Lipinski definition) is 6. The van der Waals surface area contributed by atoms with Gasteiger partial charge in [0.15, 0.2) is 5.78 Å². The van der Waals surface area contributed by atoms with Crippen LogP contribution in [-0.4, -0.2) is 33.5 Å². The minimum atomic E-state index is -0.845. The van der Waals surface area contributed by atoms with Crippen molar-refractivity contribution in [2.45, 2.75) is 64.5 Å². The molecule has 7 heteroatoms. The monoisotopic (exact) mass is 522 g/mol. The van der Waals surface area contributed by atoms with Gasteiger partial charge in [0.1, 0.15) is 11.3 Å². The average molecular weight is 523 g/mol. The molecule has 0 bridgehead atoms. The Hall–Kier alpha value is -4.05. The molecule has 7 nitrogen and oxygen atoms in total. The number of carbonyl (C=O) groups excluding carboxylic acids is 2. The number of rotatable bonds is 9. The summed E-state index contributed by atoms with van der Waals surface area (Å²) in [6, 6.07) is 23.4. The van der Waals surface area contributed by atoms with Crippen LogP contribution in [0.25, 0.3) is 11.3 Å². The molecular weight excluding hydrogens is 488 g/mol. The van der Waals surface area contributed by atoms with Gasteiger partial charge in [-0.1, -0.05) is 54.6 Å². The van der Waals surface area contributed by atoms with Gasteiger partial charge in [0, 0.05) is 31.4 Å². The number of amides is 1. The first kappa shape index (κ1) is 26.6. The maximum atomic E-state index is 13.4. The molecule has 0 spiro atoms. The fourth-order valence-corrected chi connectivity index (χ4v) is 5.38. The van der Waals surface area contributed by atoms with Crippen LogP contribution < -0.4 is 0 Å². The SMILES string of the molecule is C[C@@H](c1ccc(-c2ccc(C(=O)CC3CC3)nn2)cc1)N1CC[C@](CC(C)(C)C#N)(c2ccccc2)OC1=O. The summed E-state index contributed by atoms with van der Waals surface area (Å²) < 4.78 is 6.19. The Morgan fingerprint density at radius 2 is 1.82 bits per heavy atom. The van der Waals surface area contributed by atoms with E-state index in [2.05, 4.69) is 16.3 Å². The molecule has 5 rings (SSSR count). The van der Waals surface area contributed by atoms with Crippen LogP contribution in [-0.2, 0) is 10.3 Å². The number of ether oxygens (including phenoxy) is 1. The fraction of sp³-hybridized carbons (Fsp3) is 0.406. The minimum Gasteiger partial charge on any atom is -0.438 e. The van der Waals surface area contributed by atoms with Gasteiger partial charge in [-0.2, -0.15) is 5.26 Å². The number of nitriles is 1. The third-order valence-corrected chi connectivity index (χ3v) is 7.88. The van der Waals surface area contributed by atoms with Crippen LogP contribution in [0.2, 0.25) is 0 Å². The van der Waals surface area contributed by atoms with Crippen LogP contribution in [0.5, 0.6) is 0 Å². The summed E-state index contributed by atoms with van der Waals surface area (Å²) in [6.45, 7) is 6.27. The lowest BCUT2D eigenvalue weighted by atomic mass is 9.75. The molecule has 0 radical (unpaired) electrons. The predicted octanol–water partition coefficient (Wildman–Crippen LogP) is 6.87. The van der Waals surface area contributed by atoms with Gasteiger partial charge in [0.2, 0.25) is 0 Å². The Kier molecular flexibility index (Phi) is 7.22. The zero-order chi connectivity index (χ0) is 27.6. The molecule has 1 aliphatic carbocycles. The number of Topliss-reactive ketones (excluding diaryl/α,β-unsaturated/α-hetero) is 1. The maximum absolute atomic E-state index is 13.4. The van der Waals surface area contributed by atoms with Crippen LogP contribution in [0.4, 0.5) is 4.79 Å². The Balaban J connectivity index is 1.28. The van der Waals surface area contributed by atoms with Gasteiger partial charge in [-0.25, -0.2) is 4.79 Å². The highest BCUT2D eigenvalue weighted by Gasteiger charge is 2.46. The average Bonchev–Trinajstić information content (AvgIpc) is 3.77. The van der Waals surface area contributed by atoms with Gasteiger partial charge in [-0.3, -0.25) is 4.79 Å². The molecule has 1 saturated heterocycles. The van der Waals surface area contributed by atoms with Crippen molar-refractivity contribution in [2.75, 3.05) is 6.54 Å². The van der Waals surface area contributed by atoms with Crippen molar-refractivity contribution in [2.24, 2.45) is 11.3 Å². The van der Waals surface area contributed by atoms with E-state index in [0.29, 0.717) is 43.1 Å². The Labute approximate surface area is 229 Å². The van der Waals surface area contributed by atoms with E-state index in [9.17, 15) is 14.9 Å². The zero-order valence-corrected chi connectivity index (χ0v) is 22.8. The van der Waals surface area contributed by atoms with E-state index in [1.807, 2.05) is 81.4 Å². The van der Waals surface area contributed by atoms with Crippen molar-refractivity contribution in [3.05, 3.63) is 83.6 Å². The molecule has 1 aromatic heterocycles. The van der Waals surface area contributed by atoms with E-state index in [1.54, 1.807) is 11.0 Å². The van der Waals surface area contributed by atoms with E-state index in [1.165, 1.54) is 0 Å². The molecule has 0 unspecified atom stereocenters. The van der Waals surface area contributed by atoms with Gasteiger partial charge in [-0.15, -0.1) is 10.2 Å². The molecule has 2 heterocycles. The Morgan fingerprint density at radius 1 is 1.10 bits per heavy atom. The van der Waals surface area contributed by atoms with E-state index in [0.717, 1.165) is 29.5 Å². The molecule has 2 aromatic carbocycles. The lowest BCUT2D eigenvalue weighted by Gasteiger charge is -2.45. The Bertz CT molecular complexity index is 1380. The fourth-order valence-electron chi connectivity index (χ4n) is 5.38. The second-order valence-corrected chi connectivity index (χ2v) is 11.5. The van der Waals surface area contributed by atoms with Crippen molar-refractivity contribution in [1.29, 1.82) is 5.26 Å². The van der Waals surface area contributed by atoms with E-state index >= 15 is 0 Å². The summed E-state index contributed by atoms with van der Waals surface area (Å²) in [4.78, 5) is 27.4. The van der Waals surface area contributed by atoms with E-state index in [4.69, 9.17) is 4.74 Å². The minimum absolute atomic E-state index is 0.0570. The van der Waals surface area contributed by atoms with Gasteiger partial charge >= 0.3 is 6.09 Å². The lowest BCUT2D eigenvalue weighted by Crippen LogP contribution is -2.50. The van der Waals surface area contributed by atoms with Crippen molar-refractivity contribution >= 4 is 11.9 Å². The van der Waals surface area contributed by atoms with Crippen LogP contribution in [0.1, 0.15) is 80.5 Å². The molecule has 1 aliphatic heterocycles. The van der Waals surface area contributed by atoms with Gasteiger partial charge in [0.05, 0.1) is 23.2 Å². The molecule has 2 fully saturated rings. The molecule has 0 N–H and O–H groups in total. The second kappa shape index (κ2) is 10.6. The summed E-state index contributed by atoms with van der Waals surface area (Å²) in [5.74, 6) is 0.575. The lowest BCUT2D eigenvalue weighted by molar-refractivity contribution is -0.0770. The Morgan fingerprint density at radius 3 is 2.41 bits per heavy atom. The number of benzene rings is 2. The van der Waals surface area contributed by atoms with Gasteiger partial charge < -0.3 is 9.64 Å². The highest BCUT2D eigenvalue weighted by molar-refractivity contribution is 5.94. The van der Waals surface area contributed by atoms with Gasteiger partial charge in [-0.05, 0) is 62.8 Å². The van der Waals surface area contributed by atoms with Crippen LogP contribution in [0, 0.1) is 22.7 Å². The number of hydrogen-bond donors (Lipinski definition) is 0. The predicted molar refractivity (Wildman–Crippen MR) is 147 cm³/mol. The molecule has 200 valence electrons. The number of nitrogens with zero attached hydrogens (tertiary/aromatic N) is 4. The summed E-state index contributed by atoms with van der Waals surface area (Å²) in [5, 5.41) is 18.1. The summed E-state index contributed by atoms with van der Waals surface area (Å²) >= 11 is 0. The zero-order valence-electron chi connectivity index (χ0n) is 22.8. The van der Waals surface area contributed by atoms with E-state index in [-0.39, 0.29) is 17.9 Å². The highest BCUT2D eigenvalue weighted by Crippen LogP contribution is 2.44. The van der Waals surface area contributed by atoms with Crippen LogP contribution in [0.3, 0.4) is 0 Å². The maximum Gasteiger partial charge on any atom is 0.411 e. The molecule has 2 aliphatic rings. The quantitative estimate of drug-likeness (QED) is 0.285. The van der Waals surface area contributed by atoms with Crippen molar-refractivity contribution in [3.63, 3.8) is 0 Å². The normalized spacial score (nSPS) is 20.2. The third-order valence-electron chi connectivity index (χ3n) is 7.88. The summed E-state index contributed by atoms with van der Waals surface area (Å²) in [6.07, 6.45) is 3.46. The standard InChI is InChI=1S/C32H34N4O3/c1-22(24-11-13-25(14-12-24)27-15-16-28(35-34-27)29(37)19-23-9-10-23)36-18-17-32(39-30(36)38,20-31(2,3)21-33)26-7-5-4-6-8-26/h4-8,11-16,22-23H,9-10,17-20H2,1-3H3/t22-,32-/m0/s1. The van der Waals surface area contributed by atoms with Crippen molar-refractivity contribution in [1.82, 2.24) is 15.1 Å². The number of cyclic esters (lactones) is 1. The first-order valence-corrected chi connectivity index (χ1v) is 13.6. The molecule has 1 amide bonds. The van der Waals surface area contributed by atoms with Gasteiger partial charge in [0.25, 0.3) is 0 Å². The smallest absolute Gasteiger partial charge is 0.411 e. The number of carbonyl (C=O) groups is 2. The topological polar surface area (TPSA) is 96.2 Å². The second-order valence-electron chi connectivity index (χ2n) is 11.5. The third kappa shape index (κ3) is 5.85. The summed E-state index contributed by atoms with van der Waals surface area (Å²) in [7, 11) is 0. The van der Waals surface area contributed by atoms with Crippen LogP contribution >= 0.6 is 0 Å². The van der Waals surface area contributed by atoms with Crippen molar-refractivity contribution < 1.29 is 14.3 Å². The molecule has 3 aromatic rings. The number of aromatic nitrogens is 2. The first-order valence-electron chi connectivity index (χ1n) is 13.6.